The van der Waals surface area contributed by atoms with Gasteiger partial charge in [0.1, 0.15) is 0 Å². The van der Waals surface area contributed by atoms with Crippen LogP contribution in [-0.2, 0) is 14.3 Å². The van der Waals surface area contributed by atoms with Crippen LogP contribution in [0.3, 0.4) is 0 Å². The lowest BCUT2D eigenvalue weighted by molar-refractivity contribution is -0.154. The van der Waals surface area contributed by atoms with Crippen LogP contribution in [0.2, 0.25) is 0 Å². The minimum absolute atomic E-state index is 0.0142. The lowest BCUT2D eigenvalue weighted by Crippen LogP contribution is -2.45. The molecule has 76 valence electrons. The van der Waals surface area contributed by atoms with Crippen LogP contribution in [-0.4, -0.2) is 38.9 Å². The first kappa shape index (κ1) is 10.5. The van der Waals surface area contributed by atoms with Gasteiger partial charge in [0.05, 0.1) is 18.6 Å². The summed E-state index contributed by atoms with van der Waals surface area (Å²) in [7, 11) is 1.64. The van der Waals surface area contributed by atoms with Crippen LogP contribution in [0.5, 0.6) is 0 Å². The van der Waals surface area contributed by atoms with Crippen molar-refractivity contribution in [2.75, 3.05) is 26.8 Å². The molecule has 2 atom stereocenters. The van der Waals surface area contributed by atoms with Crippen LogP contribution in [0.4, 0.5) is 0 Å². The van der Waals surface area contributed by atoms with Gasteiger partial charge in [-0.1, -0.05) is 0 Å². The van der Waals surface area contributed by atoms with E-state index < -0.39 is 0 Å². The summed E-state index contributed by atoms with van der Waals surface area (Å²) in [6, 6.07) is 0. The highest BCUT2D eigenvalue weighted by Crippen LogP contribution is 2.15. The topological polar surface area (TPSA) is 47.6 Å². The number of hydrogen-bond acceptors (Lipinski definition) is 4. The zero-order valence-corrected chi connectivity index (χ0v) is 8.21. The van der Waals surface area contributed by atoms with E-state index in [0.717, 1.165) is 13.0 Å². The largest absolute Gasteiger partial charge is 0.466 e. The van der Waals surface area contributed by atoms with Gasteiger partial charge in [-0.3, -0.25) is 4.79 Å². The zero-order chi connectivity index (χ0) is 9.68. The number of carbonyl (C=O) groups excluding carboxylic acids is 1. The molecule has 0 aliphatic carbocycles. The number of nitrogens with one attached hydrogen (secondary N) is 1. The van der Waals surface area contributed by atoms with E-state index in [9.17, 15) is 4.79 Å². The quantitative estimate of drug-likeness (QED) is 0.640. The van der Waals surface area contributed by atoms with Crippen molar-refractivity contribution in [3.05, 3.63) is 0 Å². The Kier molecular flexibility index (Phi) is 4.18. The van der Waals surface area contributed by atoms with Gasteiger partial charge in [0, 0.05) is 13.7 Å². The van der Waals surface area contributed by atoms with Crippen molar-refractivity contribution < 1.29 is 14.3 Å². The Balaban J connectivity index is 2.48. The molecule has 1 rings (SSSR count). The molecule has 0 saturated carbocycles. The van der Waals surface area contributed by atoms with Crippen molar-refractivity contribution in [1.29, 1.82) is 0 Å². The summed E-state index contributed by atoms with van der Waals surface area (Å²) in [5, 5.41) is 3.16. The van der Waals surface area contributed by atoms with E-state index in [0.29, 0.717) is 13.2 Å². The van der Waals surface area contributed by atoms with Gasteiger partial charge in [0.15, 0.2) is 0 Å². The standard InChI is InChI=1S/C9H17NO3/c1-3-13-9(11)7-6-10-5-4-8(7)12-2/h7-8,10H,3-6H2,1-2H3. The maximum atomic E-state index is 11.4. The molecule has 0 aromatic carbocycles. The second-order valence-corrected chi connectivity index (χ2v) is 3.13. The van der Waals surface area contributed by atoms with E-state index in [-0.39, 0.29) is 18.0 Å². The summed E-state index contributed by atoms with van der Waals surface area (Å²) in [4.78, 5) is 11.4. The fourth-order valence-electron chi connectivity index (χ4n) is 1.60. The summed E-state index contributed by atoms with van der Waals surface area (Å²) in [5.74, 6) is -0.291. The molecule has 0 amide bonds. The Hall–Kier alpha value is -0.610. The first-order chi connectivity index (χ1) is 6.29. The van der Waals surface area contributed by atoms with Gasteiger partial charge in [-0.2, -0.15) is 0 Å². The summed E-state index contributed by atoms with van der Waals surface area (Å²) in [6.07, 6.45) is 0.889. The molecule has 13 heavy (non-hydrogen) atoms. The van der Waals surface area contributed by atoms with E-state index in [1.165, 1.54) is 0 Å². The Morgan fingerprint density at radius 1 is 1.62 bits per heavy atom. The summed E-state index contributed by atoms with van der Waals surface area (Å²) in [6.45, 7) is 3.83. The maximum Gasteiger partial charge on any atom is 0.312 e. The van der Waals surface area contributed by atoms with E-state index in [1.807, 2.05) is 6.92 Å². The predicted octanol–water partition coefficient (Wildman–Crippen LogP) is 0.174. The molecule has 0 bridgehead atoms. The van der Waals surface area contributed by atoms with Crippen molar-refractivity contribution in [3.8, 4) is 0 Å². The Bertz CT molecular complexity index is 172. The Morgan fingerprint density at radius 3 is 3.00 bits per heavy atom. The summed E-state index contributed by atoms with van der Waals surface area (Å²) >= 11 is 0. The van der Waals surface area contributed by atoms with E-state index >= 15 is 0 Å². The number of methoxy groups -OCH3 is 1. The molecular formula is C9H17NO3. The lowest BCUT2D eigenvalue weighted by Gasteiger charge is -2.29. The second-order valence-electron chi connectivity index (χ2n) is 3.13. The van der Waals surface area contributed by atoms with Crippen molar-refractivity contribution in [3.63, 3.8) is 0 Å². The molecule has 4 nitrogen and oxygen atoms in total. The monoisotopic (exact) mass is 187 g/mol. The average molecular weight is 187 g/mol. The predicted molar refractivity (Wildman–Crippen MR) is 48.4 cm³/mol. The van der Waals surface area contributed by atoms with Crippen LogP contribution < -0.4 is 5.32 Å². The first-order valence-electron chi connectivity index (χ1n) is 4.69. The zero-order valence-electron chi connectivity index (χ0n) is 8.21. The van der Waals surface area contributed by atoms with Gasteiger partial charge < -0.3 is 14.8 Å². The molecule has 1 aliphatic heterocycles. The number of rotatable bonds is 3. The molecule has 4 heteroatoms. The van der Waals surface area contributed by atoms with E-state index in [2.05, 4.69) is 5.32 Å². The van der Waals surface area contributed by atoms with Crippen molar-refractivity contribution in [1.82, 2.24) is 5.32 Å². The van der Waals surface area contributed by atoms with Crippen LogP contribution in [0.25, 0.3) is 0 Å². The molecule has 2 unspecified atom stereocenters. The average Bonchev–Trinajstić information content (AvgIpc) is 2.18. The summed E-state index contributed by atoms with van der Waals surface area (Å²) in [5.41, 5.74) is 0. The number of ether oxygens (including phenoxy) is 2. The molecule has 0 spiro atoms. The maximum absolute atomic E-state index is 11.4. The molecule has 1 saturated heterocycles. The van der Waals surface area contributed by atoms with Crippen molar-refractivity contribution in [2.24, 2.45) is 5.92 Å². The fraction of sp³-hybridized carbons (Fsp3) is 0.889. The smallest absolute Gasteiger partial charge is 0.312 e. The van der Waals surface area contributed by atoms with Gasteiger partial charge in [-0.15, -0.1) is 0 Å². The highest BCUT2D eigenvalue weighted by molar-refractivity contribution is 5.73. The molecule has 0 aromatic heterocycles. The SMILES string of the molecule is CCOC(=O)C1CNCCC1OC. The van der Waals surface area contributed by atoms with E-state index in [4.69, 9.17) is 9.47 Å². The van der Waals surface area contributed by atoms with Crippen LogP contribution in [0.15, 0.2) is 0 Å². The molecule has 1 fully saturated rings. The van der Waals surface area contributed by atoms with Gasteiger partial charge in [-0.25, -0.2) is 0 Å². The van der Waals surface area contributed by atoms with Gasteiger partial charge in [0.25, 0.3) is 0 Å². The highest BCUT2D eigenvalue weighted by Gasteiger charge is 2.31. The minimum Gasteiger partial charge on any atom is -0.466 e. The van der Waals surface area contributed by atoms with Crippen molar-refractivity contribution in [2.45, 2.75) is 19.4 Å². The molecule has 1 N–H and O–H groups in total. The van der Waals surface area contributed by atoms with Crippen LogP contribution in [0, 0.1) is 5.92 Å². The highest BCUT2D eigenvalue weighted by atomic mass is 16.5. The lowest BCUT2D eigenvalue weighted by atomic mass is 9.96. The molecule has 0 aromatic rings. The van der Waals surface area contributed by atoms with E-state index in [1.54, 1.807) is 7.11 Å². The number of carbonyl (C=O) groups is 1. The van der Waals surface area contributed by atoms with Crippen LogP contribution >= 0.6 is 0 Å². The fourth-order valence-corrected chi connectivity index (χ4v) is 1.60. The molecule has 0 radical (unpaired) electrons. The number of esters is 1. The second kappa shape index (κ2) is 5.19. The molecular weight excluding hydrogens is 170 g/mol. The van der Waals surface area contributed by atoms with Crippen LogP contribution in [0.1, 0.15) is 13.3 Å². The third-order valence-electron chi connectivity index (χ3n) is 2.31. The first-order valence-corrected chi connectivity index (χ1v) is 4.69. The van der Waals surface area contributed by atoms with Gasteiger partial charge in [0.2, 0.25) is 0 Å². The van der Waals surface area contributed by atoms with Gasteiger partial charge >= 0.3 is 5.97 Å². The Morgan fingerprint density at radius 2 is 2.38 bits per heavy atom. The Labute approximate surface area is 78.6 Å². The molecule has 1 heterocycles. The number of hydrogen-bond donors (Lipinski definition) is 1. The van der Waals surface area contributed by atoms with Crippen molar-refractivity contribution >= 4 is 5.97 Å². The summed E-state index contributed by atoms with van der Waals surface area (Å²) < 4.78 is 10.2. The molecule has 1 aliphatic rings. The third kappa shape index (κ3) is 2.67. The number of piperidine rings is 1. The minimum atomic E-state index is -0.151. The van der Waals surface area contributed by atoms with Gasteiger partial charge in [-0.05, 0) is 19.9 Å². The third-order valence-corrected chi connectivity index (χ3v) is 2.31. The normalized spacial score (nSPS) is 28.5.